The quantitative estimate of drug-likeness (QED) is 0.570. The molecule has 0 saturated heterocycles. The molecular weight excluding hydrogens is 320 g/mol. The van der Waals surface area contributed by atoms with Gasteiger partial charge in [0.15, 0.2) is 5.78 Å². The Labute approximate surface area is 147 Å². The second kappa shape index (κ2) is 6.14. The van der Waals surface area contributed by atoms with Crippen molar-refractivity contribution in [2.75, 3.05) is 0 Å². The van der Waals surface area contributed by atoms with Crippen LogP contribution in [0.2, 0.25) is 0 Å². The summed E-state index contributed by atoms with van der Waals surface area (Å²) in [6.07, 6.45) is 2.51. The molecule has 0 saturated carbocycles. The van der Waals surface area contributed by atoms with Gasteiger partial charge in [0.05, 0.1) is 5.92 Å². The summed E-state index contributed by atoms with van der Waals surface area (Å²) in [7, 11) is 0. The lowest BCUT2D eigenvalue weighted by atomic mass is 9.86. The third-order valence-corrected chi connectivity index (χ3v) is 5.31. The van der Waals surface area contributed by atoms with E-state index in [2.05, 4.69) is 0 Å². The van der Waals surface area contributed by atoms with Crippen LogP contribution in [0.3, 0.4) is 0 Å². The van der Waals surface area contributed by atoms with E-state index in [0.717, 1.165) is 11.1 Å². The molecule has 3 unspecified atom stereocenters. The Morgan fingerprint density at radius 2 is 1.96 bits per heavy atom. The molecule has 0 bridgehead atoms. The molecule has 25 heavy (non-hydrogen) atoms. The molecule has 5 heteroatoms. The minimum absolute atomic E-state index is 0.0448. The molecule has 0 fully saturated rings. The molecule has 132 valence electrons. The molecule has 0 amide bonds. The number of carbonyl (C=O) groups is 3. The van der Waals surface area contributed by atoms with Gasteiger partial charge in [0.25, 0.3) is 0 Å². The van der Waals surface area contributed by atoms with Crippen molar-refractivity contribution in [1.29, 1.82) is 0 Å². The van der Waals surface area contributed by atoms with Crippen molar-refractivity contribution in [2.24, 2.45) is 5.92 Å². The van der Waals surface area contributed by atoms with Crippen molar-refractivity contribution < 1.29 is 23.9 Å². The SMILES string of the molecule is CC=C(C)C(=O)OC1CC(C)=C2C(=O)C=C(C)C2C2OC(=O)C(C)=C12. The van der Waals surface area contributed by atoms with Gasteiger partial charge in [-0.2, -0.15) is 0 Å². The van der Waals surface area contributed by atoms with Gasteiger partial charge in [0.1, 0.15) is 12.2 Å². The Bertz CT molecular complexity index is 806. The standard InChI is InChI=1S/C20H22O5/c1-6-9(2)19(22)24-14-8-11(4)15-13(21)7-10(3)16(15)18-17(14)12(5)20(23)25-18/h6-7,14,16,18H,8H2,1-5H3. The fourth-order valence-electron chi connectivity index (χ4n) is 3.84. The first-order valence-electron chi connectivity index (χ1n) is 8.44. The van der Waals surface area contributed by atoms with Gasteiger partial charge in [-0.15, -0.1) is 0 Å². The number of esters is 2. The zero-order valence-electron chi connectivity index (χ0n) is 15.1. The molecule has 5 nitrogen and oxygen atoms in total. The van der Waals surface area contributed by atoms with Crippen LogP contribution in [0, 0.1) is 5.92 Å². The maximum Gasteiger partial charge on any atom is 0.334 e. The minimum atomic E-state index is -0.599. The molecule has 2 aliphatic carbocycles. The lowest BCUT2D eigenvalue weighted by Gasteiger charge is -2.25. The summed E-state index contributed by atoms with van der Waals surface area (Å²) in [4.78, 5) is 36.9. The van der Waals surface area contributed by atoms with Crippen LogP contribution >= 0.6 is 0 Å². The molecule has 0 spiro atoms. The zero-order chi connectivity index (χ0) is 18.5. The van der Waals surface area contributed by atoms with Gasteiger partial charge < -0.3 is 9.47 Å². The van der Waals surface area contributed by atoms with Crippen molar-refractivity contribution in [1.82, 2.24) is 0 Å². The number of fused-ring (bicyclic) bond motifs is 3. The molecule has 0 aromatic carbocycles. The number of hydrogen-bond donors (Lipinski definition) is 0. The van der Waals surface area contributed by atoms with Gasteiger partial charge in [-0.3, -0.25) is 4.79 Å². The molecule has 3 atom stereocenters. The average molecular weight is 342 g/mol. The van der Waals surface area contributed by atoms with Crippen LogP contribution in [0.4, 0.5) is 0 Å². The summed E-state index contributed by atoms with van der Waals surface area (Å²) in [6, 6.07) is 0. The Balaban J connectivity index is 2.08. The molecule has 3 aliphatic rings. The van der Waals surface area contributed by atoms with E-state index in [4.69, 9.17) is 9.47 Å². The largest absolute Gasteiger partial charge is 0.454 e. The van der Waals surface area contributed by atoms with E-state index in [1.165, 1.54) is 0 Å². The Kier molecular flexibility index (Phi) is 4.27. The Hall–Kier alpha value is -2.43. The summed E-state index contributed by atoms with van der Waals surface area (Å²) in [5, 5.41) is 0. The highest BCUT2D eigenvalue weighted by Gasteiger charge is 2.49. The van der Waals surface area contributed by atoms with Crippen LogP contribution in [0.25, 0.3) is 0 Å². The van der Waals surface area contributed by atoms with Crippen molar-refractivity contribution in [3.8, 4) is 0 Å². The first-order valence-corrected chi connectivity index (χ1v) is 8.44. The molecule has 1 aliphatic heterocycles. The van der Waals surface area contributed by atoms with Gasteiger partial charge in [0.2, 0.25) is 0 Å². The fraction of sp³-hybridized carbons (Fsp3) is 0.450. The highest BCUT2D eigenvalue weighted by Crippen LogP contribution is 2.46. The van der Waals surface area contributed by atoms with Gasteiger partial charge in [0, 0.05) is 28.7 Å². The minimum Gasteiger partial charge on any atom is -0.454 e. The molecule has 0 aromatic rings. The van der Waals surface area contributed by atoms with Crippen LogP contribution in [-0.2, 0) is 23.9 Å². The third-order valence-electron chi connectivity index (χ3n) is 5.31. The first-order chi connectivity index (χ1) is 11.8. The topological polar surface area (TPSA) is 69.7 Å². The van der Waals surface area contributed by atoms with Crippen molar-refractivity contribution in [3.05, 3.63) is 45.6 Å². The smallest absolute Gasteiger partial charge is 0.334 e. The summed E-state index contributed by atoms with van der Waals surface area (Å²) in [5.41, 5.74) is 4.09. The van der Waals surface area contributed by atoms with Gasteiger partial charge >= 0.3 is 11.9 Å². The van der Waals surface area contributed by atoms with E-state index in [1.807, 2.05) is 13.8 Å². The number of ether oxygens (including phenoxy) is 2. The normalized spacial score (nSPS) is 29.2. The molecule has 0 radical (unpaired) electrons. The van der Waals surface area contributed by atoms with Crippen LogP contribution in [0.5, 0.6) is 0 Å². The molecule has 0 N–H and O–H groups in total. The second-order valence-corrected chi connectivity index (χ2v) is 6.90. The maximum atomic E-state index is 12.4. The predicted octanol–water partition coefficient (Wildman–Crippen LogP) is 2.97. The van der Waals surface area contributed by atoms with E-state index >= 15 is 0 Å². The fourth-order valence-corrected chi connectivity index (χ4v) is 3.84. The summed E-state index contributed by atoms with van der Waals surface area (Å²) in [6.45, 7) is 8.90. The van der Waals surface area contributed by atoms with Gasteiger partial charge in [-0.05, 0) is 40.7 Å². The summed E-state index contributed by atoms with van der Waals surface area (Å²) >= 11 is 0. The number of ketones is 1. The summed E-state index contributed by atoms with van der Waals surface area (Å²) in [5.74, 6) is -1.16. The second-order valence-electron chi connectivity index (χ2n) is 6.90. The zero-order valence-corrected chi connectivity index (χ0v) is 15.1. The number of carbonyl (C=O) groups excluding carboxylic acids is 3. The lowest BCUT2D eigenvalue weighted by molar-refractivity contribution is -0.143. The average Bonchev–Trinajstić information content (AvgIpc) is 2.96. The third kappa shape index (κ3) is 2.68. The molecule has 0 aromatic heterocycles. The van der Waals surface area contributed by atoms with E-state index in [1.54, 1.807) is 32.9 Å². The summed E-state index contributed by atoms with van der Waals surface area (Å²) < 4.78 is 11.3. The number of hydrogen-bond acceptors (Lipinski definition) is 5. The lowest BCUT2D eigenvalue weighted by Crippen LogP contribution is -2.30. The highest BCUT2D eigenvalue weighted by molar-refractivity contribution is 6.09. The Morgan fingerprint density at radius 3 is 2.60 bits per heavy atom. The first kappa shape index (κ1) is 17.4. The Morgan fingerprint density at radius 1 is 1.28 bits per heavy atom. The van der Waals surface area contributed by atoms with Crippen molar-refractivity contribution in [2.45, 2.75) is 53.2 Å². The van der Waals surface area contributed by atoms with Crippen LogP contribution in [0.1, 0.15) is 41.0 Å². The van der Waals surface area contributed by atoms with Crippen LogP contribution in [0.15, 0.2) is 45.6 Å². The predicted molar refractivity (Wildman–Crippen MR) is 91.5 cm³/mol. The van der Waals surface area contributed by atoms with E-state index in [-0.39, 0.29) is 11.7 Å². The monoisotopic (exact) mass is 342 g/mol. The van der Waals surface area contributed by atoms with E-state index in [0.29, 0.717) is 28.7 Å². The van der Waals surface area contributed by atoms with Crippen molar-refractivity contribution >= 4 is 17.7 Å². The van der Waals surface area contributed by atoms with Crippen LogP contribution < -0.4 is 0 Å². The van der Waals surface area contributed by atoms with E-state index in [9.17, 15) is 14.4 Å². The van der Waals surface area contributed by atoms with E-state index < -0.39 is 24.1 Å². The number of rotatable bonds is 2. The van der Waals surface area contributed by atoms with Crippen LogP contribution in [-0.4, -0.2) is 29.9 Å². The maximum absolute atomic E-state index is 12.4. The van der Waals surface area contributed by atoms with Gasteiger partial charge in [-0.1, -0.05) is 17.2 Å². The van der Waals surface area contributed by atoms with Crippen molar-refractivity contribution in [3.63, 3.8) is 0 Å². The molecule has 3 rings (SSSR count). The van der Waals surface area contributed by atoms with Gasteiger partial charge in [-0.25, -0.2) is 9.59 Å². The highest BCUT2D eigenvalue weighted by atomic mass is 16.6. The number of allylic oxidation sites excluding steroid dienone is 2. The molecular formula is C20H22O5. The molecule has 1 heterocycles.